The van der Waals surface area contributed by atoms with Crippen molar-refractivity contribution in [2.24, 2.45) is 5.92 Å². The van der Waals surface area contributed by atoms with E-state index in [0.29, 0.717) is 6.04 Å². The van der Waals surface area contributed by atoms with E-state index in [4.69, 9.17) is 0 Å². The highest BCUT2D eigenvalue weighted by atomic mass is 15.1. The standard InChI is InChI=1S/C16H28N2/c1-13(2)10-15-6-8-16(9-7-15)11-17-14(3)12-18(4)5/h6-9,13-14,17H,10-12H2,1-5H3. The van der Waals surface area contributed by atoms with Crippen LogP contribution in [0, 0.1) is 5.92 Å². The third kappa shape index (κ3) is 6.18. The van der Waals surface area contributed by atoms with Crippen molar-refractivity contribution in [3.05, 3.63) is 35.4 Å². The summed E-state index contributed by atoms with van der Waals surface area (Å²) in [5, 5.41) is 3.55. The van der Waals surface area contributed by atoms with Crippen LogP contribution < -0.4 is 5.32 Å². The maximum atomic E-state index is 3.55. The quantitative estimate of drug-likeness (QED) is 0.798. The maximum absolute atomic E-state index is 3.55. The summed E-state index contributed by atoms with van der Waals surface area (Å²) in [5.41, 5.74) is 2.81. The van der Waals surface area contributed by atoms with Gasteiger partial charge >= 0.3 is 0 Å². The summed E-state index contributed by atoms with van der Waals surface area (Å²) < 4.78 is 0. The fourth-order valence-electron chi connectivity index (χ4n) is 2.17. The van der Waals surface area contributed by atoms with E-state index in [1.165, 1.54) is 17.5 Å². The molecule has 1 rings (SSSR count). The average Bonchev–Trinajstić information content (AvgIpc) is 2.26. The van der Waals surface area contributed by atoms with E-state index in [-0.39, 0.29) is 0 Å². The Balaban J connectivity index is 2.39. The second kappa shape index (κ2) is 7.55. The van der Waals surface area contributed by atoms with Crippen LogP contribution in [0.1, 0.15) is 31.9 Å². The number of hydrogen-bond donors (Lipinski definition) is 1. The molecule has 1 atom stereocenters. The number of likely N-dealkylation sites (N-methyl/N-ethyl adjacent to an activating group) is 1. The first-order chi connectivity index (χ1) is 8.47. The molecule has 0 heterocycles. The normalized spacial score (nSPS) is 13.3. The monoisotopic (exact) mass is 248 g/mol. The average molecular weight is 248 g/mol. The minimum atomic E-state index is 0.523. The highest BCUT2D eigenvalue weighted by Gasteiger charge is 2.03. The van der Waals surface area contributed by atoms with Crippen molar-refractivity contribution in [2.45, 2.75) is 39.8 Å². The van der Waals surface area contributed by atoms with Crippen LogP contribution in [0.3, 0.4) is 0 Å². The Morgan fingerprint density at radius 1 is 1.00 bits per heavy atom. The molecule has 0 saturated carbocycles. The second-order valence-electron chi connectivity index (χ2n) is 5.96. The lowest BCUT2D eigenvalue weighted by Crippen LogP contribution is -2.35. The van der Waals surface area contributed by atoms with E-state index in [2.05, 4.69) is 69.3 Å². The Bertz CT molecular complexity index is 327. The second-order valence-corrected chi connectivity index (χ2v) is 5.96. The molecule has 0 aliphatic carbocycles. The summed E-state index contributed by atoms with van der Waals surface area (Å²) in [6, 6.07) is 9.52. The van der Waals surface area contributed by atoms with Gasteiger partial charge in [-0.3, -0.25) is 0 Å². The highest BCUT2D eigenvalue weighted by Crippen LogP contribution is 2.09. The van der Waals surface area contributed by atoms with Crippen LogP contribution in [0.5, 0.6) is 0 Å². The van der Waals surface area contributed by atoms with Crippen molar-refractivity contribution < 1.29 is 0 Å². The summed E-state index contributed by atoms with van der Waals surface area (Å²) >= 11 is 0. The van der Waals surface area contributed by atoms with E-state index in [1.54, 1.807) is 0 Å². The minimum absolute atomic E-state index is 0.523. The predicted molar refractivity (Wildman–Crippen MR) is 79.8 cm³/mol. The van der Waals surface area contributed by atoms with E-state index < -0.39 is 0 Å². The molecule has 0 saturated heterocycles. The van der Waals surface area contributed by atoms with Gasteiger partial charge in [-0.1, -0.05) is 38.1 Å². The molecule has 102 valence electrons. The Labute approximate surface area is 112 Å². The number of nitrogens with one attached hydrogen (secondary N) is 1. The van der Waals surface area contributed by atoms with Crippen LogP contribution in [0.15, 0.2) is 24.3 Å². The van der Waals surface area contributed by atoms with E-state index in [0.717, 1.165) is 19.0 Å². The van der Waals surface area contributed by atoms with Crippen molar-refractivity contribution in [3.63, 3.8) is 0 Å². The molecule has 1 unspecified atom stereocenters. The number of hydrogen-bond acceptors (Lipinski definition) is 2. The van der Waals surface area contributed by atoms with E-state index in [1.807, 2.05) is 0 Å². The van der Waals surface area contributed by atoms with Crippen LogP contribution in [-0.4, -0.2) is 31.6 Å². The van der Waals surface area contributed by atoms with Gasteiger partial charge in [-0.05, 0) is 44.5 Å². The lowest BCUT2D eigenvalue weighted by molar-refractivity contribution is 0.349. The fraction of sp³-hybridized carbons (Fsp3) is 0.625. The zero-order valence-corrected chi connectivity index (χ0v) is 12.5. The molecule has 0 spiro atoms. The minimum Gasteiger partial charge on any atom is -0.309 e. The van der Waals surface area contributed by atoms with Gasteiger partial charge in [-0.15, -0.1) is 0 Å². The summed E-state index contributed by atoms with van der Waals surface area (Å²) in [5.74, 6) is 0.731. The van der Waals surface area contributed by atoms with Crippen LogP contribution >= 0.6 is 0 Å². The molecule has 1 aromatic carbocycles. The largest absolute Gasteiger partial charge is 0.309 e. The van der Waals surface area contributed by atoms with Gasteiger partial charge in [0.15, 0.2) is 0 Å². The molecule has 2 nitrogen and oxygen atoms in total. The Hall–Kier alpha value is -0.860. The Morgan fingerprint density at radius 2 is 1.56 bits per heavy atom. The van der Waals surface area contributed by atoms with Gasteiger partial charge in [0, 0.05) is 19.1 Å². The molecule has 0 fully saturated rings. The van der Waals surface area contributed by atoms with E-state index in [9.17, 15) is 0 Å². The third-order valence-electron chi connectivity index (χ3n) is 2.96. The molecule has 0 amide bonds. The van der Waals surface area contributed by atoms with Crippen molar-refractivity contribution in [1.29, 1.82) is 0 Å². The molecular formula is C16H28N2. The van der Waals surface area contributed by atoms with Crippen molar-refractivity contribution in [1.82, 2.24) is 10.2 Å². The van der Waals surface area contributed by atoms with Crippen molar-refractivity contribution in [2.75, 3.05) is 20.6 Å². The zero-order valence-electron chi connectivity index (χ0n) is 12.5. The van der Waals surface area contributed by atoms with Gasteiger partial charge in [-0.2, -0.15) is 0 Å². The van der Waals surface area contributed by atoms with E-state index >= 15 is 0 Å². The molecule has 1 aromatic rings. The van der Waals surface area contributed by atoms with Crippen LogP contribution in [0.4, 0.5) is 0 Å². The third-order valence-corrected chi connectivity index (χ3v) is 2.96. The topological polar surface area (TPSA) is 15.3 Å². The SMILES string of the molecule is CC(C)Cc1ccc(CNC(C)CN(C)C)cc1. The Kier molecular flexibility index (Phi) is 6.37. The molecule has 0 aliphatic rings. The molecule has 0 radical (unpaired) electrons. The molecule has 1 N–H and O–H groups in total. The van der Waals surface area contributed by atoms with Crippen LogP contribution in [0.25, 0.3) is 0 Å². The number of nitrogens with zero attached hydrogens (tertiary/aromatic N) is 1. The number of benzene rings is 1. The summed E-state index contributed by atoms with van der Waals surface area (Å²) in [4.78, 5) is 2.21. The first-order valence-electron chi connectivity index (χ1n) is 6.93. The Morgan fingerprint density at radius 3 is 2.06 bits per heavy atom. The summed E-state index contributed by atoms with van der Waals surface area (Å²) in [6.07, 6.45) is 1.17. The van der Waals surface area contributed by atoms with Crippen molar-refractivity contribution >= 4 is 0 Å². The van der Waals surface area contributed by atoms with Crippen molar-refractivity contribution in [3.8, 4) is 0 Å². The zero-order chi connectivity index (χ0) is 13.5. The lowest BCUT2D eigenvalue weighted by atomic mass is 10.0. The van der Waals surface area contributed by atoms with Crippen LogP contribution in [-0.2, 0) is 13.0 Å². The molecule has 0 aliphatic heterocycles. The van der Waals surface area contributed by atoms with Crippen LogP contribution in [0.2, 0.25) is 0 Å². The molecule has 0 aromatic heterocycles. The molecule has 2 heteroatoms. The smallest absolute Gasteiger partial charge is 0.0208 e. The summed E-state index contributed by atoms with van der Waals surface area (Å²) in [7, 11) is 4.22. The van der Waals surface area contributed by atoms with Gasteiger partial charge in [0.1, 0.15) is 0 Å². The lowest BCUT2D eigenvalue weighted by Gasteiger charge is -2.18. The molecular weight excluding hydrogens is 220 g/mol. The van der Waals surface area contributed by atoms with Gasteiger partial charge in [0.25, 0.3) is 0 Å². The highest BCUT2D eigenvalue weighted by molar-refractivity contribution is 5.22. The predicted octanol–water partition coefficient (Wildman–Crippen LogP) is 2.92. The summed E-state index contributed by atoms with van der Waals surface area (Å²) in [6.45, 7) is 8.78. The first kappa shape index (κ1) is 15.2. The number of rotatable bonds is 7. The fourth-order valence-corrected chi connectivity index (χ4v) is 2.17. The molecule has 0 bridgehead atoms. The van der Waals surface area contributed by atoms with Gasteiger partial charge in [-0.25, -0.2) is 0 Å². The van der Waals surface area contributed by atoms with Gasteiger partial charge in [0.05, 0.1) is 0 Å². The van der Waals surface area contributed by atoms with Gasteiger partial charge < -0.3 is 10.2 Å². The van der Waals surface area contributed by atoms with Gasteiger partial charge in [0.2, 0.25) is 0 Å². The molecule has 18 heavy (non-hydrogen) atoms. The maximum Gasteiger partial charge on any atom is 0.0208 e. The first-order valence-corrected chi connectivity index (χ1v) is 6.93.